The molecule has 0 N–H and O–H groups in total. The molecule has 44 heavy (non-hydrogen) atoms. The van der Waals surface area contributed by atoms with Crippen molar-refractivity contribution >= 4 is 43.7 Å². The molecule has 1 nitrogen and oxygen atoms in total. The average molecular weight is 568 g/mol. The molecular formula is C43H37N. The Labute approximate surface area is 260 Å². The van der Waals surface area contributed by atoms with E-state index in [9.17, 15) is 0 Å². The monoisotopic (exact) mass is 567 g/mol. The van der Waals surface area contributed by atoms with Gasteiger partial charge in [0.2, 0.25) is 0 Å². The average Bonchev–Trinajstić information content (AvgIpc) is 3.26. The number of hydrogen-bond donors (Lipinski definition) is 0. The second kappa shape index (κ2) is 9.19. The molecule has 2 aliphatic rings. The molecule has 0 spiro atoms. The Bertz CT molecular complexity index is 2200. The van der Waals surface area contributed by atoms with E-state index >= 15 is 0 Å². The van der Waals surface area contributed by atoms with Gasteiger partial charge in [-0.25, -0.2) is 0 Å². The highest BCUT2D eigenvalue weighted by Crippen LogP contribution is 2.62. The van der Waals surface area contributed by atoms with Gasteiger partial charge in [0, 0.05) is 16.8 Å². The maximum absolute atomic E-state index is 2.68. The van der Waals surface area contributed by atoms with E-state index < -0.39 is 0 Å². The van der Waals surface area contributed by atoms with Crippen LogP contribution in [0.4, 0.5) is 11.4 Å². The Kier molecular flexibility index (Phi) is 5.40. The van der Waals surface area contributed by atoms with E-state index in [0.29, 0.717) is 5.92 Å². The van der Waals surface area contributed by atoms with Crippen molar-refractivity contribution < 1.29 is 0 Å². The second-order valence-corrected chi connectivity index (χ2v) is 13.9. The molecule has 0 saturated heterocycles. The lowest BCUT2D eigenvalue weighted by atomic mass is 9.59. The smallest absolute Gasteiger partial charge is 0.0520 e. The van der Waals surface area contributed by atoms with E-state index in [1.807, 2.05) is 0 Å². The third kappa shape index (κ3) is 3.41. The van der Waals surface area contributed by atoms with Crippen LogP contribution < -0.4 is 4.90 Å². The van der Waals surface area contributed by atoms with E-state index in [0.717, 1.165) is 0 Å². The summed E-state index contributed by atoms with van der Waals surface area (Å²) in [4.78, 5) is 2.68. The second-order valence-electron chi connectivity index (χ2n) is 13.9. The largest absolute Gasteiger partial charge is 0.334 e. The van der Waals surface area contributed by atoms with Crippen molar-refractivity contribution in [2.24, 2.45) is 5.92 Å². The molecule has 3 unspecified atom stereocenters. The first kappa shape index (κ1) is 25.8. The first-order valence-electron chi connectivity index (χ1n) is 16.2. The lowest BCUT2D eigenvalue weighted by Gasteiger charge is -2.52. The van der Waals surface area contributed by atoms with Gasteiger partial charge < -0.3 is 4.90 Å². The number of anilines is 2. The Balaban J connectivity index is 1.27. The molecular weight excluding hydrogens is 530 g/mol. The van der Waals surface area contributed by atoms with Gasteiger partial charge in [-0.15, -0.1) is 0 Å². The minimum atomic E-state index is 0.0312. The van der Waals surface area contributed by atoms with Crippen molar-refractivity contribution in [1.82, 2.24) is 0 Å². The first-order chi connectivity index (χ1) is 21.5. The topological polar surface area (TPSA) is 3.24 Å². The number of hydrogen-bond acceptors (Lipinski definition) is 1. The van der Waals surface area contributed by atoms with Crippen LogP contribution >= 0.6 is 0 Å². The summed E-state index contributed by atoms with van der Waals surface area (Å²) in [6.45, 7) is 7.51. The number of para-hydroxylation sites is 1. The molecule has 0 radical (unpaired) electrons. The third-order valence-corrected chi connectivity index (χ3v) is 11.5. The van der Waals surface area contributed by atoms with E-state index in [2.05, 4.69) is 153 Å². The van der Waals surface area contributed by atoms with Crippen LogP contribution in [-0.2, 0) is 5.41 Å². The fourth-order valence-corrected chi connectivity index (χ4v) is 9.10. The van der Waals surface area contributed by atoms with Gasteiger partial charge in [-0.05, 0) is 117 Å². The predicted octanol–water partition coefficient (Wildman–Crippen LogP) is 11.9. The normalized spacial score (nSPS) is 23.0. The lowest BCUT2D eigenvalue weighted by Crippen LogP contribution is -2.56. The number of rotatable bonds is 3. The number of benzene rings is 7. The molecule has 7 aromatic rings. The molecule has 0 amide bonds. The number of fused-ring (bicyclic) bond motifs is 3. The third-order valence-electron chi connectivity index (χ3n) is 11.5. The van der Waals surface area contributed by atoms with Crippen LogP contribution in [0.3, 0.4) is 0 Å². The molecule has 0 aromatic heterocycles. The van der Waals surface area contributed by atoms with Gasteiger partial charge in [0.25, 0.3) is 0 Å². The maximum atomic E-state index is 2.68. The van der Waals surface area contributed by atoms with Gasteiger partial charge in [-0.2, -0.15) is 0 Å². The molecule has 1 fully saturated rings. The summed E-state index contributed by atoms with van der Waals surface area (Å²) >= 11 is 0. The van der Waals surface area contributed by atoms with Gasteiger partial charge in [-0.3, -0.25) is 0 Å². The summed E-state index contributed by atoms with van der Waals surface area (Å²) in [5.74, 6) is 0.714. The van der Waals surface area contributed by atoms with Crippen molar-refractivity contribution in [2.45, 2.75) is 51.0 Å². The Morgan fingerprint density at radius 2 is 1.20 bits per heavy atom. The summed E-state index contributed by atoms with van der Waals surface area (Å²) in [5.41, 5.74) is 9.52. The summed E-state index contributed by atoms with van der Waals surface area (Å²) in [6.07, 6.45) is 3.69. The highest BCUT2D eigenvalue weighted by Gasteiger charge is 2.58. The molecule has 7 aromatic carbocycles. The molecule has 1 heteroatoms. The predicted molar refractivity (Wildman–Crippen MR) is 188 cm³/mol. The molecule has 9 rings (SSSR count). The van der Waals surface area contributed by atoms with Crippen LogP contribution in [0.5, 0.6) is 0 Å². The number of nitrogens with zero attached hydrogens (tertiary/aromatic N) is 1. The van der Waals surface area contributed by atoms with Crippen molar-refractivity contribution in [1.29, 1.82) is 0 Å². The van der Waals surface area contributed by atoms with E-state index in [-0.39, 0.29) is 11.0 Å². The van der Waals surface area contributed by atoms with Crippen molar-refractivity contribution in [2.75, 3.05) is 4.90 Å². The Hall–Kier alpha value is -4.62. The molecule has 1 heterocycles. The van der Waals surface area contributed by atoms with Crippen molar-refractivity contribution in [3.05, 3.63) is 133 Å². The van der Waals surface area contributed by atoms with Gasteiger partial charge in [-0.1, -0.05) is 117 Å². The van der Waals surface area contributed by atoms with E-state index in [1.165, 1.54) is 90.8 Å². The zero-order chi connectivity index (χ0) is 29.6. The highest BCUT2D eigenvalue weighted by atomic mass is 15.3. The molecule has 3 atom stereocenters. The molecule has 1 aliphatic heterocycles. The zero-order valence-corrected chi connectivity index (χ0v) is 25.8. The quantitative estimate of drug-likeness (QED) is 0.192. The van der Waals surface area contributed by atoms with Crippen molar-refractivity contribution in [3.63, 3.8) is 0 Å². The van der Waals surface area contributed by atoms with Gasteiger partial charge in [0.15, 0.2) is 0 Å². The Morgan fingerprint density at radius 1 is 0.614 bits per heavy atom. The summed E-state index contributed by atoms with van der Waals surface area (Å²) in [5, 5.41) is 8.04. The lowest BCUT2D eigenvalue weighted by molar-refractivity contribution is 0.154. The highest BCUT2D eigenvalue weighted by molar-refractivity contribution is 6.27. The summed E-state index contributed by atoms with van der Waals surface area (Å²) in [7, 11) is 0. The molecule has 1 aliphatic carbocycles. The van der Waals surface area contributed by atoms with Crippen LogP contribution in [0.2, 0.25) is 0 Å². The molecule has 214 valence electrons. The van der Waals surface area contributed by atoms with Gasteiger partial charge in [0.1, 0.15) is 0 Å². The zero-order valence-electron chi connectivity index (χ0n) is 25.8. The van der Waals surface area contributed by atoms with Gasteiger partial charge >= 0.3 is 0 Å². The van der Waals surface area contributed by atoms with Crippen LogP contribution in [0.25, 0.3) is 54.6 Å². The molecule has 0 bridgehead atoms. The van der Waals surface area contributed by atoms with E-state index in [1.54, 1.807) is 0 Å². The maximum Gasteiger partial charge on any atom is 0.0520 e. The molecule has 1 saturated carbocycles. The standard InChI is InChI=1S/C43H37N/c1-28-24-25-42(2)38-26-32(18-23-39(38)44(43(42,3)27-28)33-12-8-5-9-13-33)35-20-15-31-16-21-36-34(29-10-6-4-7-11-29)19-14-30-17-22-37(35)41(31)40(30)36/h4-23,26,28H,24-25,27H2,1-3H3. The van der Waals surface area contributed by atoms with Crippen LogP contribution in [0, 0.1) is 5.92 Å². The summed E-state index contributed by atoms with van der Waals surface area (Å²) in [6, 6.07) is 47.9. The van der Waals surface area contributed by atoms with E-state index in [4.69, 9.17) is 0 Å². The minimum Gasteiger partial charge on any atom is -0.334 e. The van der Waals surface area contributed by atoms with Crippen LogP contribution in [0.1, 0.15) is 45.6 Å². The van der Waals surface area contributed by atoms with Crippen molar-refractivity contribution in [3.8, 4) is 22.3 Å². The Morgan fingerprint density at radius 3 is 1.86 bits per heavy atom. The fraction of sp³-hybridized carbons (Fsp3) is 0.209. The van der Waals surface area contributed by atoms with Crippen LogP contribution in [-0.4, -0.2) is 5.54 Å². The summed E-state index contributed by atoms with van der Waals surface area (Å²) < 4.78 is 0. The SMILES string of the molecule is CC1CCC2(C)c3cc(-c4ccc5ccc6c(-c7ccccc7)ccc7ccc4c5c76)ccc3N(c3ccccc3)C2(C)C1. The van der Waals surface area contributed by atoms with Crippen LogP contribution in [0.15, 0.2) is 127 Å². The fourth-order valence-electron chi connectivity index (χ4n) is 9.10. The first-order valence-corrected chi connectivity index (χ1v) is 16.2. The minimum absolute atomic E-state index is 0.0312. The van der Waals surface area contributed by atoms with Gasteiger partial charge in [0.05, 0.1) is 5.54 Å².